The van der Waals surface area contributed by atoms with Crippen molar-refractivity contribution in [1.29, 1.82) is 0 Å². The highest BCUT2D eigenvalue weighted by Gasteiger charge is 2.15. The van der Waals surface area contributed by atoms with Gasteiger partial charge in [0, 0.05) is 18.7 Å². The van der Waals surface area contributed by atoms with Crippen molar-refractivity contribution in [2.45, 2.75) is 26.2 Å². The highest BCUT2D eigenvalue weighted by atomic mass is 16.5. The number of carbonyl (C=O) groups excluding carboxylic acids is 2. The normalized spacial score (nSPS) is 15.7. The highest BCUT2D eigenvalue weighted by molar-refractivity contribution is 5.86. The Hall–Kier alpha value is -1.56. The molecule has 0 aliphatic carbocycles. The summed E-state index contributed by atoms with van der Waals surface area (Å²) in [4.78, 5) is 26.4. The minimum Gasteiger partial charge on any atom is -0.460 e. The van der Waals surface area contributed by atoms with Gasteiger partial charge in [-0.25, -0.2) is 9.59 Å². The van der Waals surface area contributed by atoms with Gasteiger partial charge in [0.2, 0.25) is 0 Å². The number of urea groups is 1. The Morgan fingerprint density at radius 3 is 2.45 bits per heavy atom. The summed E-state index contributed by atoms with van der Waals surface area (Å²) in [5.41, 5.74) is 5.69. The summed E-state index contributed by atoms with van der Waals surface area (Å²) in [6, 6.07) is -0.478. The van der Waals surface area contributed by atoms with Crippen LogP contribution in [-0.4, -0.2) is 61.1 Å². The predicted octanol–water partition coefficient (Wildman–Crippen LogP) is 0.972. The fourth-order valence-electron chi connectivity index (χ4n) is 2.15. The second-order valence-corrected chi connectivity index (χ2v) is 5.14. The lowest BCUT2D eigenvalue weighted by atomic mass is 10.1. The van der Waals surface area contributed by atoms with E-state index in [1.165, 1.54) is 24.2 Å². The zero-order valence-electron chi connectivity index (χ0n) is 12.3. The minimum atomic E-state index is -0.478. The zero-order chi connectivity index (χ0) is 15.0. The minimum absolute atomic E-state index is 0.147. The Morgan fingerprint density at radius 2 is 1.90 bits per heavy atom. The van der Waals surface area contributed by atoms with Gasteiger partial charge in [-0.2, -0.15) is 0 Å². The van der Waals surface area contributed by atoms with Crippen LogP contribution in [0, 0.1) is 0 Å². The van der Waals surface area contributed by atoms with Gasteiger partial charge in [0.25, 0.3) is 0 Å². The van der Waals surface area contributed by atoms with Gasteiger partial charge in [-0.05, 0) is 32.9 Å². The van der Waals surface area contributed by atoms with Gasteiger partial charge >= 0.3 is 12.0 Å². The second kappa shape index (κ2) is 8.58. The first-order valence-corrected chi connectivity index (χ1v) is 7.10. The number of amides is 2. The molecule has 114 valence electrons. The van der Waals surface area contributed by atoms with E-state index in [1.54, 1.807) is 6.92 Å². The van der Waals surface area contributed by atoms with Crippen LogP contribution in [0.1, 0.15) is 26.2 Å². The summed E-state index contributed by atoms with van der Waals surface area (Å²) in [6.45, 7) is 9.10. The lowest BCUT2D eigenvalue weighted by Gasteiger charge is -2.29. The number of esters is 1. The van der Waals surface area contributed by atoms with Crippen LogP contribution in [0.4, 0.5) is 4.79 Å². The molecule has 1 saturated heterocycles. The predicted molar refractivity (Wildman–Crippen MR) is 77.2 cm³/mol. The SMILES string of the molecule is C=C(C)C(=O)OCCN(CCN1CCCCC1)C(N)=O. The first-order chi connectivity index (χ1) is 9.50. The molecule has 1 rings (SSSR count). The van der Waals surface area contributed by atoms with Crippen molar-refractivity contribution in [2.75, 3.05) is 39.3 Å². The van der Waals surface area contributed by atoms with Crippen molar-refractivity contribution in [2.24, 2.45) is 5.73 Å². The number of hydrogen-bond acceptors (Lipinski definition) is 4. The summed E-state index contributed by atoms with van der Waals surface area (Å²) < 4.78 is 4.97. The van der Waals surface area contributed by atoms with Gasteiger partial charge in [-0.1, -0.05) is 13.0 Å². The Morgan fingerprint density at radius 1 is 1.25 bits per heavy atom. The van der Waals surface area contributed by atoms with Crippen molar-refractivity contribution < 1.29 is 14.3 Å². The van der Waals surface area contributed by atoms with Gasteiger partial charge in [0.1, 0.15) is 6.61 Å². The molecule has 2 N–H and O–H groups in total. The number of carbonyl (C=O) groups is 2. The molecule has 1 heterocycles. The summed E-state index contributed by atoms with van der Waals surface area (Å²) in [6.07, 6.45) is 3.71. The zero-order valence-corrected chi connectivity index (χ0v) is 12.3. The van der Waals surface area contributed by atoms with Gasteiger partial charge in [0.05, 0.1) is 6.54 Å². The number of rotatable bonds is 7. The molecule has 6 heteroatoms. The number of primary amides is 1. The van der Waals surface area contributed by atoms with Crippen molar-refractivity contribution in [3.05, 3.63) is 12.2 Å². The molecule has 1 aliphatic rings. The summed E-state index contributed by atoms with van der Waals surface area (Å²) in [5.74, 6) is -0.439. The van der Waals surface area contributed by atoms with Gasteiger partial charge in [0.15, 0.2) is 0 Å². The Balaban J connectivity index is 2.27. The average Bonchev–Trinajstić information content (AvgIpc) is 2.42. The van der Waals surface area contributed by atoms with E-state index in [2.05, 4.69) is 11.5 Å². The molecule has 0 atom stereocenters. The molecular weight excluding hydrogens is 258 g/mol. The summed E-state index contributed by atoms with van der Waals surface area (Å²) >= 11 is 0. The van der Waals surface area contributed by atoms with E-state index in [0.717, 1.165) is 19.6 Å². The Labute approximate surface area is 120 Å². The topological polar surface area (TPSA) is 75.9 Å². The fourth-order valence-corrected chi connectivity index (χ4v) is 2.15. The molecule has 2 amide bonds. The van der Waals surface area contributed by atoms with E-state index in [4.69, 9.17) is 10.5 Å². The third-order valence-corrected chi connectivity index (χ3v) is 3.39. The number of nitrogens with two attached hydrogens (primary N) is 1. The number of likely N-dealkylation sites (tertiary alicyclic amines) is 1. The van der Waals surface area contributed by atoms with Gasteiger partial charge in [-0.15, -0.1) is 0 Å². The van der Waals surface area contributed by atoms with Crippen LogP contribution in [-0.2, 0) is 9.53 Å². The van der Waals surface area contributed by atoms with E-state index in [9.17, 15) is 9.59 Å². The molecule has 0 radical (unpaired) electrons. The quantitative estimate of drug-likeness (QED) is 0.558. The molecule has 0 saturated carbocycles. The number of hydrogen-bond donors (Lipinski definition) is 1. The van der Waals surface area contributed by atoms with Crippen LogP contribution in [0.5, 0.6) is 0 Å². The molecule has 0 bridgehead atoms. The van der Waals surface area contributed by atoms with Crippen LogP contribution < -0.4 is 5.73 Å². The lowest BCUT2D eigenvalue weighted by molar-refractivity contribution is -0.139. The third kappa shape index (κ3) is 6.06. The first kappa shape index (κ1) is 16.5. The Kier molecular flexibility index (Phi) is 7.08. The average molecular weight is 283 g/mol. The fraction of sp³-hybridized carbons (Fsp3) is 0.714. The van der Waals surface area contributed by atoms with Gasteiger partial charge in [-0.3, -0.25) is 0 Å². The van der Waals surface area contributed by atoms with Crippen molar-refractivity contribution >= 4 is 12.0 Å². The van der Waals surface area contributed by atoms with E-state index >= 15 is 0 Å². The Bertz CT molecular complexity index is 352. The van der Waals surface area contributed by atoms with Crippen molar-refractivity contribution in [3.63, 3.8) is 0 Å². The molecule has 1 aliphatic heterocycles. The number of nitrogens with zero attached hydrogens (tertiary/aromatic N) is 2. The number of ether oxygens (including phenoxy) is 1. The first-order valence-electron chi connectivity index (χ1n) is 7.10. The van der Waals surface area contributed by atoms with Crippen LogP contribution >= 0.6 is 0 Å². The van der Waals surface area contributed by atoms with E-state index < -0.39 is 12.0 Å². The standard InChI is InChI=1S/C14H25N3O3/c1-12(2)13(18)20-11-10-17(14(15)19)9-8-16-6-4-3-5-7-16/h1,3-11H2,2H3,(H2,15,19). The number of piperidine rings is 1. The molecule has 0 aromatic carbocycles. The highest BCUT2D eigenvalue weighted by Crippen LogP contribution is 2.08. The maximum atomic E-state index is 11.4. The monoisotopic (exact) mass is 283 g/mol. The molecule has 0 aromatic rings. The molecule has 0 spiro atoms. The molecule has 1 fully saturated rings. The van der Waals surface area contributed by atoms with E-state index in [1.807, 2.05) is 0 Å². The van der Waals surface area contributed by atoms with E-state index in [-0.39, 0.29) is 6.61 Å². The maximum Gasteiger partial charge on any atom is 0.333 e. The molecule has 6 nitrogen and oxygen atoms in total. The van der Waals surface area contributed by atoms with Crippen LogP contribution in [0.2, 0.25) is 0 Å². The van der Waals surface area contributed by atoms with Crippen molar-refractivity contribution in [3.8, 4) is 0 Å². The third-order valence-electron chi connectivity index (χ3n) is 3.39. The maximum absolute atomic E-state index is 11.4. The van der Waals surface area contributed by atoms with Crippen LogP contribution in [0.3, 0.4) is 0 Å². The lowest BCUT2D eigenvalue weighted by Crippen LogP contribution is -2.44. The second-order valence-electron chi connectivity index (χ2n) is 5.14. The largest absolute Gasteiger partial charge is 0.460 e. The summed E-state index contributed by atoms with van der Waals surface area (Å²) in [7, 11) is 0. The van der Waals surface area contributed by atoms with Crippen LogP contribution in [0.15, 0.2) is 12.2 Å². The van der Waals surface area contributed by atoms with Crippen LogP contribution in [0.25, 0.3) is 0 Å². The smallest absolute Gasteiger partial charge is 0.333 e. The molecule has 20 heavy (non-hydrogen) atoms. The molecule has 0 unspecified atom stereocenters. The van der Waals surface area contributed by atoms with Crippen molar-refractivity contribution in [1.82, 2.24) is 9.80 Å². The van der Waals surface area contributed by atoms with Gasteiger partial charge < -0.3 is 20.3 Å². The molecular formula is C14H25N3O3. The van der Waals surface area contributed by atoms with E-state index in [0.29, 0.717) is 18.7 Å². The molecule has 0 aromatic heterocycles. The summed E-state index contributed by atoms with van der Waals surface area (Å²) in [5, 5.41) is 0.